The molecule has 0 bridgehead atoms. The highest BCUT2D eigenvalue weighted by molar-refractivity contribution is 5.93. The molecule has 132 valence electrons. The number of rotatable bonds is 4. The second-order valence-electron chi connectivity index (χ2n) is 6.28. The van der Waals surface area contributed by atoms with Gasteiger partial charge in [-0.2, -0.15) is 5.10 Å². The lowest BCUT2D eigenvalue weighted by Gasteiger charge is -2.04. The van der Waals surface area contributed by atoms with Crippen molar-refractivity contribution < 1.29 is 14.3 Å². The maximum atomic E-state index is 12.5. The number of benzene rings is 2. The van der Waals surface area contributed by atoms with Crippen LogP contribution in [-0.4, -0.2) is 22.5 Å². The molecule has 6 nitrogen and oxygen atoms in total. The van der Waals surface area contributed by atoms with Gasteiger partial charge in [-0.25, -0.2) is 0 Å². The summed E-state index contributed by atoms with van der Waals surface area (Å²) in [5, 5.41) is 7.26. The van der Waals surface area contributed by atoms with Crippen LogP contribution in [-0.2, 0) is 13.6 Å². The van der Waals surface area contributed by atoms with Gasteiger partial charge in [0.25, 0.3) is 5.91 Å². The van der Waals surface area contributed by atoms with Crippen molar-refractivity contribution in [2.45, 2.75) is 13.5 Å². The van der Waals surface area contributed by atoms with Crippen LogP contribution in [0, 0.1) is 6.92 Å². The number of hydrogen-bond donors (Lipinski definition) is 1. The van der Waals surface area contributed by atoms with E-state index in [0.29, 0.717) is 18.0 Å². The van der Waals surface area contributed by atoms with Crippen molar-refractivity contribution in [3.05, 3.63) is 65.4 Å². The lowest BCUT2D eigenvalue weighted by molar-refractivity contribution is 0.0945. The number of carbonyl (C=O) groups is 1. The van der Waals surface area contributed by atoms with Crippen LogP contribution in [0.25, 0.3) is 11.3 Å². The molecule has 1 amide bonds. The highest BCUT2D eigenvalue weighted by atomic mass is 16.7. The van der Waals surface area contributed by atoms with Crippen LogP contribution >= 0.6 is 0 Å². The molecule has 0 radical (unpaired) electrons. The van der Waals surface area contributed by atoms with Crippen LogP contribution in [0.15, 0.2) is 48.5 Å². The minimum atomic E-state index is -0.200. The Hall–Kier alpha value is -3.28. The number of ether oxygens (including phenoxy) is 2. The van der Waals surface area contributed by atoms with Crippen LogP contribution in [0.1, 0.15) is 21.6 Å². The van der Waals surface area contributed by atoms with Crippen LogP contribution in [0.5, 0.6) is 11.5 Å². The van der Waals surface area contributed by atoms with Crippen LogP contribution in [0.3, 0.4) is 0 Å². The lowest BCUT2D eigenvalue weighted by atomic mass is 10.1. The maximum Gasteiger partial charge on any atom is 0.272 e. The van der Waals surface area contributed by atoms with Gasteiger partial charge in [-0.3, -0.25) is 9.48 Å². The van der Waals surface area contributed by atoms with Crippen molar-refractivity contribution in [3.63, 3.8) is 0 Å². The first kappa shape index (κ1) is 16.2. The molecule has 0 atom stereocenters. The van der Waals surface area contributed by atoms with E-state index in [4.69, 9.17) is 9.47 Å². The van der Waals surface area contributed by atoms with Gasteiger partial charge in [-0.15, -0.1) is 0 Å². The summed E-state index contributed by atoms with van der Waals surface area (Å²) in [4.78, 5) is 12.5. The Morgan fingerprint density at radius 1 is 1.15 bits per heavy atom. The van der Waals surface area contributed by atoms with Gasteiger partial charge in [-0.05, 0) is 36.8 Å². The first-order valence-corrected chi connectivity index (χ1v) is 8.38. The van der Waals surface area contributed by atoms with Crippen molar-refractivity contribution >= 4 is 5.91 Å². The summed E-state index contributed by atoms with van der Waals surface area (Å²) >= 11 is 0. The third-order valence-corrected chi connectivity index (χ3v) is 4.32. The molecule has 0 fully saturated rings. The Kier molecular flexibility index (Phi) is 4.08. The summed E-state index contributed by atoms with van der Waals surface area (Å²) in [5.41, 5.74) is 4.36. The standard InChI is InChI=1S/C20H19N3O3/c1-13-4-3-5-14(8-13)11-21-20(24)16-10-17(23(2)22-16)15-6-7-18-19(9-15)26-12-25-18/h3-10H,11-12H2,1-2H3,(H,21,24). The molecule has 0 aliphatic carbocycles. The molecule has 4 rings (SSSR count). The van der Waals surface area contributed by atoms with E-state index in [1.54, 1.807) is 10.7 Å². The number of hydrogen-bond acceptors (Lipinski definition) is 4. The predicted molar refractivity (Wildman–Crippen MR) is 97.1 cm³/mol. The van der Waals surface area contributed by atoms with Crippen LogP contribution < -0.4 is 14.8 Å². The first-order valence-electron chi connectivity index (χ1n) is 8.38. The zero-order chi connectivity index (χ0) is 18.1. The fourth-order valence-electron chi connectivity index (χ4n) is 3.00. The second kappa shape index (κ2) is 6.55. The maximum absolute atomic E-state index is 12.5. The molecule has 0 saturated carbocycles. The number of aromatic nitrogens is 2. The summed E-state index contributed by atoms with van der Waals surface area (Å²) < 4.78 is 12.5. The molecular formula is C20H19N3O3. The van der Waals surface area contributed by atoms with E-state index < -0.39 is 0 Å². The minimum absolute atomic E-state index is 0.200. The largest absolute Gasteiger partial charge is 0.454 e. The average molecular weight is 349 g/mol. The van der Waals surface area contributed by atoms with E-state index in [0.717, 1.165) is 22.6 Å². The second-order valence-corrected chi connectivity index (χ2v) is 6.28. The molecule has 0 unspecified atom stereocenters. The highest BCUT2D eigenvalue weighted by Crippen LogP contribution is 2.35. The summed E-state index contributed by atoms with van der Waals surface area (Å²) in [7, 11) is 1.82. The van der Waals surface area contributed by atoms with Crippen molar-refractivity contribution in [2.24, 2.45) is 7.05 Å². The third kappa shape index (κ3) is 3.13. The van der Waals surface area contributed by atoms with E-state index in [1.807, 2.05) is 50.4 Å². The van der Waals surface area contributed by atoms with Crippen LogP contribution in [0.4, 0.5) is 0 Å². The van der Waals surface area contributed by atoms with Crippen molar-refractivity contribution in [1.29, 1.82) is 0 Å². The lowest BCUT2D eigenvalue weighted by Crippen LogP contribution is -2.23. The van der Waals surface area contributed by atoms with Gasteiger partial charge in [0.2, 0.25) is 6.79 Å². The molecule has 2 aromatic carbocycles. The van der Waals surface area contributed by atoms with Crippen LogP contribution in [0.2, 0.25) is 0 Å². The topological polar surface area (TPSA) is 65.4 Å². The molecule has 1 aliphatic heterocycles. The number of nitrogens with zero attached hydrogens (tertiary/aromatic N) is 2. The van der Waals surface area contributed by atoms with Crippen molar-refractivity contribution in [2.75, 3.05) is 6.79 Å². The smallest absolute Gasteiger partial charge is 0.272 e. The first-order chi connectivity index (χ1) is 12.6. The number of fused-ring (bicyclic) bond motifs is 1. The number of aryl methyl sites for hydroxylation is 2. The molecule has 1 aliphatic rings. The van der Waals surface area contributed by atoms with E-state index in [2.05, 4.69) is 16.5 Å². The van der Waals surface area contributed by atoms with Crippen molar-refractivity contribution in [1.82, 2.24) is 15.1 Å². The van der Waals surface area contributed by atoms with E-state index in [-0.39, 0.29) is 12.7 Å². The summed E-state index contributed by atoms with van der Waals surface area (Å²) in [6, 6.07) is 15.5. The number of amides is 1. The minimum Gasteiger partial charge on any atom is -0.454 e. The summed E-state index contributed by atoms with van der Waals surface area (Å²) in [6.45, 7) is 2.73. The summed E-state index contributed by atoms with van der Waals surface area (Å²) in [5.74, 6) is 1.23. The number of carbonyl (C=O) groups excluding carboxylic acids is 1. The SMILES string of the molecule is Cc1cccc(CNC(=O)c2cc(-c3ccc4c(c3)OCO4)n(C)n2)c1. The molecule has 2 heterocycles. The predicted octanol–water partition coefficient (Wildman–Crippen LogP) is 3.05. The molecular weight excluding hydrogens is 330 g/mol. The Balaban J connectivity index is 1.51. The quantitative estimate of drug-likeness (QED) is 0.786. The molecule has 1 aromatic heterocycles. The number of nitrogens with one attached hydrogen (secondary N) is 1. The average Bonchev–Trinajstić information content (AvgIpc) is 3.25. The molecule has 6 heteroatoms. The Morgan fingerprint density at radius 2 is 2.00 bits per heavy atom. The normalized spacial score (nSPS) is 12.2. The van der Waals surface area contributed by atoms with Gasteiger partial charge in [0, 0.05) is 19.2 Å². The molecule has 26 heavy (non-hydrogen) atoms. The van der Waals surface area contributed by atoms with Gasteiger partial charge in [-0.1, -0.05) is 29.8 Å². The third-order valence-electron chi connectivity index (χ3n) is 4.32. The van der Waals surface area contributed by atoms with Gasteiger partial charge >= 0.3 is 0 Å². The van der Waals surface area contributed by atoms with Gasteiger partial charge in [0.15, 0.2) is 17.2 Å². The molecule has 0 spiro atoms. The zero-order valence-corrected chi connectivity index (χ0v) is 14.7. The highest BCUT2D eigenvalue weighted by Gasteiger charge is 2.18. The molecule has 1 N–H and O–H groups in total. The fraction of sp³-hybridized carbons (Fsp3) is 0.200. The van der Waals surface area contributed by atoms with Gasteiger partial charge in [0.1, 0.15) is 0 Å². The Morgan fingerprint density at radius 3 is 2.85 bits per heavy atom. The molecule has 0 saturated heterocycles. The fourth-order valence-corrected chi connectivity index (χ4v) is 3.00. The Labute approximate surface area is 151 Å². The van der Waals surface area contributed by atoms with E-state index >= 15 is 0 Å². The van der Waals surface area contributed by atoms with E-state index in [9.17, 15) is 4.79 Å². The Bertz CT molecular complexity index is 978. The van der Waals surface area contributed by atoms with E-state index in [1.165, 1.54) is 5.56 Å². The molecule has 3 aromatic rings. The monoisotopic (exact) mass is 349 g/mol. The zero-order valence-electron chi connectivity index (χ0n) is 14.7. The van der Waals surface area contributed by atoms with Crippen molar-refractivity contribution in [3.8, 4) is 22.8 Å². The van der Waals surface area contributed by atoms with Gasteiger partial charge < -0.3 is 14.8 Å². The summed E-state index contributed by atoms with van der Waals surface area (Å²) in [6.07, 6.45) is 0. The van der Waals surface area contributed by atoms with Gasteiger partial charge in [0.05, 0.1) is 5.69 Å².